The van der Waals surface area contributed by atoms with Gasteiger partial charge in [-0.05, 0) is 43.0 Å². The van der Waals surface area contributed by atoms with Crippen molar-refractivity contribution in [2.75, 3.05) is 28.6 Å². The number of halogens is 2. The number of benzene rings is 2. The lowest BCUT2D eigenvalue weighted by molar-refractivity contribution is 0.262. The molecule has 152 valence electrons. The van der Waals surface area contributed by atoms with Gasteiger partial charge < -0.3 is 15.5 Å². The van der Waals surface area contributed by atoms with Crippen LogP contribution in [0.2, 0.25) is 0 Å². The van der Waals surface area contributed by atoms with Crippen LogP contribution >= 0.6 is 15.9 Å². The summed E-state index contributed by atoms with van der Waals surface area (Å²) in [5.74, 6) is 0.355. The molecule has 0 fully saturated rings. The molecule has 0 aromatic heterocycles. The molecular weight excluding hydrogens is 421 g/mol. The van der Waals surface area contributed by atoms with Crippen molar-refractivity contribution < 1.29 is 9.18 Å². The van der Waals surface area contributed by atoms with Gasteiger partial charge in [0.2, 0.25) is 0 Å². The third-order valence-electron chi connectivity index (χ3n) is 4.07. The molecule has 2 aromatic rings. The Morgan fingerprint density at radius 2 is 1.61 bits per heavy atom. The van der Waals surface area contributed by atoms with Crippen LogP contribution in [-0.2, 0) is 0 Å². The molecule has 0 aliphatic rings. The molecule has 0 radical (unpaired) electrons. The van der Waals surface area contributed by atoms with Crippen LogP contribution in [0.3, 0.4) is 0 Å². The molecule has 28 heavy (non-hydrogen) atoms. The van der Waals surface area contributed by atoms with Crippen molar-refractivity contribution >= 4 is 39.0 Å². The zero-order chi connectivity index (χ0) is 20.8. The van der Waals surface area contributed by atoms with E-state index < -0.39 is 6.03 Å². The third kappa shape index (κ3) is 6.51. The second-order valence-corrected chi connectivity index (χ2v) is 8.84. The predicted molar refractivity (Wildman–Crippen MR) is 120 cm³/mol. The molecule has 0 unspecified atom stereocenters. The van der Waals surface area contributed by atoms with Crippen LogP contribution in [0.1, 0.15) is 33.3 Å². The van der Waals surface area contributed by atoms with Gasteiger partial charge in [-0.1, -0.05) is 61.3 Å². The molecule has 0 atom stereocenters. The summed E-state index contributed by atoms with van der Waals surface area (Å²) in [5.41, 5.74) is 2.66. The lowest BCUT2D eigenvalue weighted by Gasteiger charge is -2.31. The number of rotatable bonds is 7. The van der Waals surface area contributed by atoms with Crippen LogP contribution in [0.25, 0.3) is 0 Å². The SMILES string of the molecule is Cc1ccc(NC(=O)Nc2cc(Br)cc(F)c2N(CC(C)C)CC(C)C)cc1. The Bertz CT molecular complexity index is 796. The van der Waals surface area contributed by atoms with E-state index in [4.69, 9.17) is 0 Å². The largest absolute Gasteiger partial charge is 0.367 e. The van der Waals surface area contributed by atoms with Gasteiger partial charge in [-0.3, -0.25) is 0 Å². The molecule has 0 aliphatic heterocycles. The van der Waals surface area contributed by atoms with Gasteiger partial charge in [-0.25, -0.2) is 9.18 Å². The lowest BCUT2D eigenvalue weighted by atomic mass is 10.1. The van der Waals surface area contributed by atoms with E-state index in [9.17, 15) is 9.18 Å². The van der Waals surface area contributed by atoms with Crippen LogP contribution in [0.4, 0.5) is 26.2 Å². The second-order valence-electron chi connectivity index (χ2n) is 7.92. The van der Waals surface area contributed by atoms with Gasteiger partial charge in [-0.15, -0.1) is 0 Å². The molecule has 2 aromatic carbocycles. The predicted octanol–water partition coefficient (Wildman–Crippen LogP) is 6.66. The first-order chi connectivity index (χ1) is 13.2. The highest BCUT2D eigenvalue weighted by Crippen LogP contribution is 2.34. The Balaban J connectivity index is 2.31. The molecule has 2 amide bonds. The highest BCUT2D eigenvalue weighted by molar-refractivity contribution is 9.10. The van der Waals surface area contributed by atoms with Crippen LogP contribution < -0.4 is 15.5 Å². The smallest absolute Gasteiger partial charge is 0.323 e. The molecule has 0 heterocycles. The maximum absolute atomic E-state index is 14.9. The molecule has 0 spiro atoms. The van der Waals surface area contributed by atoms with Crippen molar-refractivity contribution in [2.24, 2.45) is 11.8 Å². The summed E-state index contributed by atoms with van der Waals surface area (Å²) in [6.45, 7) is 11.8. The summed E-state index contributed by atoms with van der Waals surface area (Å²) in [6, 6.07) is 10.3. The van der Waals surface area contributed by atoms with Crippen molar-refractivity contribution in [1.82, 2.24) is 0 Å². The average molecular weight is 450 g/mol. The van der Waals surface area contributed by atoms with Gasteiger partial charge in [0, 0.05) is 23.2 Å². The summed E-state index contributed by atoms with van der Waals surface area (Å²) in [4.78, 5) is 14.5. The maximum Gasteiger partial charge on any atom is 0.323 e. The molecule has 2 N–H and O–H groups in total. The van der Waals surface area contributed by atoms with Crippen LogP contribution in [-0.4, -0.2) is 19.1 Å². The number of hydrogen-bond donors (Lipinski definition) is 2. The zero-order valence-corrected chi connectivity index (χ0v) is 18.7. The number of urea groups is 1. The number of hydrogen-bond acceptors (Lipinski definition) is 2. The van der Waals surface area contributed by atoms with E-state index in [0.29, 0.717) is 46.5 Å². The molecule has 0 aliphatic carbocycles. The van der Waals surface area contributed by atoms with E-state index in [1.807, 2.05) is 36.1 Å². The molecule has 0 saturated carbocycles. The first-order valence-electron chi connectivity index (χ1n) is 9.54. The van der Waals surface area contributed by atoms with E-state index in [0.717, 1.165) is 5.56 Å². The van der Waals surface area contributed by atoms with Gasteiger partial charge >= 0.3 is 6.03 Å². The Kier molecular flexibility index (Phi) is 7.87. The van der Waals surface area contributed by atoms with E-state index in [1.165, 1.54) is 6.07 Å². The number of amides is 2. The van der Waals surface area contributed by atoms with Gasteiger partial charge in [-0.2, -0.15) is 0 Å². The lowest BCUT2D eigenvalue weighted by Crippen LogP contribution is -2.33. The number of aryl methyl sites for hydroxylation is 1. The summed E-state index contributed by atoms with van der Waals surface area (Å²) in [5, 5.41) is 5.62. The first kappa shape index (κ1) is 22.2. The highest BCUT2D eigenvalue weighted by Gasteiger charge is 2.21. The fourth-order valence-corrected chi connectivity index (χ4v) is 3.47. The molecule has 0 bridgehead atoms. The van der Waals surface area contributed by atoms with E-state index >= 15 is 0 Å². The van der Waals surface area contributed by atoms with E-state index in [1.54, 1.807) is 6.07 Å². The highest BCUT2D eigenvalue weighted by atomic mass is 79.9. The van der Waals surface area contributed by atoms with Crippen molar-refractivity contribution in [2.45, 2.75) is 34.6 Å². The summed E-state index contributed by atoms with van der Waals surface area (Å²) < 4.78 is 15.5. The fourth-order valence-electron chi connectivity index (χ4n) is 3.04. The summed E-state index contributed by atoms with van der Waals surface area (Å²) in [7, 11) is 0. The molecular formula is C22H29BrFN3O. The Hall–Kier alpha value is -2.08. The average Bonchev–Trinajstić information content (AvgIpc) is 2.55. The van der Waals surface area contributed by atoms with Gasteiger partial charge in [0.1, 0.15) is 5.82 Å². The monoisotopic (exact) mass is 449 g/mol. The van der Waals surface area contributed by atoms with Crippen LogP contribution in [0.5, 0.6) is 0 Å². The molecule has 2 rings (SSSR count). The number of carbonyl (C=O) groups excluding carboxylic acids is 1. The van der Waals surface area contributed by atoms with Crippen molar-refractivity contribution in [3.63, 3.8) is 0 Å². The maximum atomic E-state index is 14.9. The minimum absolute atomic E-state index is 0.357. The first-order valence-corrected chi connectivity index (χ1v) is 10.3. The van der Waals surface area contributed by atoms with Crippen LogP contribution in [0.15, 0.2) is 40.9 Å². The van der Waals surface area contributed by atoms with Gasteiger partial charge in [0.15, 0.2) is 0 Å². The quantitative estimate of drug-likeness (QED) is 0.496. The molecule has 6 heteroatoms. The Morgan fingerprint density at radius 1 is 1.04 bits per heavy atom. The normalized spacial score (nSPS) is 11.0. The number of nitrogens with zero attached hydrogens (tertiary/aromatic N) is 1. The summed E-state index contributed by atoms with van der Waals surface area (Å²) >= 11 is 3.33. The van der Waals surface area contributed by atoms with Gasteiger partial charge in [0.05, 0.1) is 11.4 Å². The van der Waals surface area contributed by atoms with E-state index in [2.05, 4.69) is 54.3 Å². The standard InChI is InChI=1S/C22H29BrFN3O/c1-14(2)12-27(13-15(3)4)21-19(24)10-17(23)11-20(21)26-22(28)25-18-8-6-16(5)7-9-18/h6-11,14-15H,12-13H2,1-5H3,(H2,25,26,28). The number of anilines is 3. The van der Waals surface area contributed by atoms with E-state index in [-0.39, 0.29) is 5.82 Å². The van der Waals surface area contributed by atoms with Gasteiger partial charge in [0.25, 0.3) is 0 Å². The van der Waals surface area contributed by atoms with Crippen LogP contribution in [0, 0.1) is 24.6 Å². The molecule has 4 nitrogen and oxygen atoms in total. The zero-order valence-electron chi connectivity index (χ0n) is 17.1. The topological polar surface area (TPSA) is 44.4 Å². The minimum atomic E-state index is -0.406. The molecule has 0 saturated heterocycles. The van der Waals surface area contributed by atoms with Crippen molar-refractivity contribution in [1.29, 1.82) is 0 Å². The van der Waals surface area contributed by atoms with Crippen molar-refractivity contribution in [3.05, 3.63) is 52.3 Å². The Morgan fingerprint density at radius 3 is 2.14 bits per heavy atom. The Labute approximate surface area is 175 Å². The van der Waals surface area contributed by atoms with Crippen molar-refractivity contribution in [3.8, 4) is 0 Å². The fraction of sp³-hybridized carbons (Fsp3) is 0.409. The number of carbonyl (C=O) groups is 1. The number of nitrogens with one attached hydrogen (secondary N) is 2. The minimum Gasteiger partial charge on any atom is -0.367 e. The third-order valence-corrected chi connectivity index (χ3v) is 4.53. The second kappa shape index (κ2) is 9.92. The summed E-state index contributed by atoms with van der Waals surface area (Å²) in [6.07, 6.45) is 0.